The number of hydrogen-bond donors (Lipinski definition) is 1. The van der Waals surface area contributed by atoms with Gasteiger partial charge in [-0.25, -0.2) is 0 Å². The molecule has 0 fully saturated rings. The van der Waals surface area contributed by atoms with Crippen LogP contribution in [0.3, 0.4) is 0 Å². The summed E-state index contributed by atoms with van der Waals surface area (Å²) in [6.07, 6.45) is 0. The van der Waals surface area contributed by atoms with Gasteiger partial charge in [0.25, 0.3) is 5.91 Å². The SMILES string of the molecule is COc1cccc(COC(=O)CNC(=O)c2ccc(C(C)(C)C)cc2)c1. The van der Waals surface area contributed by atoms with E-state index in [0.717, 1.165) is 11.1 Å². The van der Waals surface area contributed by atoms with Gasteiger partial charge in [0.15, 0.2) is 0 Å². The van der Waals surface area contributed by atoms with Gasteiger partial charge < -0.3 is 14.8 Å². The van der Waals surface area contributed by atoms with Gasteiger partial charge in [-0.05, 0) is 40.8 Å². The fourth-order valence-electron chi connectivity index (χ4n) is 2.35. The van der Waals surface area contributed by atoms with E-state index in [1.54, 1.807) is 25.3 Å². The van der Waals surface area contributed by atoms with Crippen LogP contribution in [0.5, 0.6) is 5.75 Å². The van der Waals surface area contributed by atoms with E-state index in [0.29, 0.717) is 11.3 Å². The first-order chi connectivity index (χ1) is 12.3. The molecule has 2 aromatic carbocycles. The predicted octanol–water partition coefficient (Wildman–Crippen LogP) is 3.47. The van der Waals surface area contributed by atoms with Crippen LogP contribution >= 0.6 is 0 Å². The van der Waals surface area contributed by atoms with Gasteiger partial charge in [0.05, 0.1) is 7.11 Å². The van der Waals surface area contributed by atoms with E-state index in [-0.39, 0.29) is 24.5 Å². The Bertz CT molecular complexity index is 760. The number of ether oxygens (including phenoxy) is 2. The van der Waals surface area contributed by atoms with Crippen molar-refractivity contribution < 1.29 is 19.1 Å². The van der Waals surface area contributed by atoms with Crippen molar-refractivity contribution in [2.45, 2.75) is 32.8 Å². The topological polar surface area (TPSA) is 64.6 Å². The third-order valence-electron chi connectivity index (χ3n) is 3.94. The average Bonchev–Trinajstić information content (AvgIpc) is 2.64. The van der Waals surface area contributed by atoms with E-state index in [1.165, 1.54) is 0 Å². The highest BCUT2D eigenvalue weighted by atomic mass is 16.5. The first kappa shape index (κ1) is 19.5. The van der Waals surface area contributed by atoms with Crippen molar-refractivity contribution in [1.82, 2.24) is 5.32 Å². The molecule has 1 N–H and O–H groups in total. The second kappa shape index (κ2) is 8.52. The van der Waals surface area contributed by atoms with Crippen LogP contribution in [0.1, 0.15) is 42.3 Å². The second-order valence-corrected chi connectivity index (χ2v) is 7.02. The van der Waals surface area contributed by atoms with E-state index >= 15 is 0 Å². The van der Waals surface area contributed by atoms with Crippen molar-refractivity contribution in [1.29, 1.82) is 0 Å². The largest absolute Gasteiger partial charge is 0.497 e. The first-order valence-electron chi connectivity index (χ1n) is 8.47. The minimum atomic E-state index is -0.493. The molecule has 2 aromatic rings. The van der Waals surface area contributed by atoms with Crippen LogP contribution in [0.4, 0.5) is 0 Å². The van der Waals surface area contributed by atoms with Gasteiger partial charge in [0.1, 0.15) is 18.9 Å². The third-order valence-corrected chi connectivity index (χ3v) is 3.94. The Morgan fingerprint density at radius 3 is 2.35 bits per heavy atom. The molecule has 0 heterocycles. The van der Waals surface area contributed by atoms with Crippen LogP contribution < -0.4 is 10.1 Å². The smallest absolute Gasteiger partial charge is 0.325 e. The number of nitrogens with one attached hydrogen (secondary N) is 1. The van der Waals surface area contributed by atoms with Crippen molar-refractivity contribution in [3.63, 3.8) is 0 Å². The average molecular weight is 355 g/mol. The van der Waals surface area contributed by atoms with Gasteiger partial charge >= 0.3 is 5.97 Å². The summed E-state index contributed by atoms with van der Waals surface area (Å²) in [4.78, 5) is 24.0. The van der Waals surface area contributed by atoms with Crippen molar-refractivity contribution in [2.24, 2.45) is 0 Å². The van der Waals surface area contributed by atoms with Gasteiger partial charge in [-0.2, -0.15) is 0 Å². The molecule has 138 valence electrons. The highest BCUT2D eigenvalue weighted by Crippen LogP contribution is 2.22. The van der Waals surface area contributed by atoms with Crippen LogP contribution in [-0.4, -0.2) is 25.5 Å². The lowest BCUT2D eigenvalue weighted by Gasteiger charge is -2.19. The van der Waals surface area contributed by atoms with Gasteiger partial charge in [0, 0.05) is 5.56 Å². The normalized spacial score (nSPS) is 10.9. The second-order valence-electron chi connectivity index (χ2n) is 7.02. The molecule has 0 aliphatic rings. The molecule has 2 rings (SSSR count). The molecule has 0 aromatic heterocycles. The van der Waals surface area contributed by atoms with Crippen molar-refractivity contribution >= 4 is 11.9 Å². The maximum Gasteiger partial charge on any atom is 0.325 e. The van der Waals surface area contributed by atoms with E-state index in [1.807, 2.05) is 30.3 Å². The fourth-order valence-corrected chi connectivity index (χ4v) is 2.35. The van der Waals surface area contributed by atoms with Crippen LogP contribution in [-0.2, 0) is 21.6 Å². The summed E-state index contributed by atoms with van der Waals surface area (Å²) in [5.41, 5.74) is 2.51. The van der Waals surface area contributed by atoms with E-state index in [9.17, 15) is 9.59 Å². The number of hydrogen-bond acceptors (Lipinski definition) is 4. The molecule has 5 nitrogen and oxygen atoms in total. The van der Waals surface area contributed by atoms with Gasteiger partial charge in [-0.15, -0.1) is 0 Å². The number of amides is 1. The van der Waals surface area contributed by atoms with Crippen LogP contribution in [0.2, 0.25) is 0 Å². The summed E-state index contributed by atoms with van der Waals surface area (Å²) in [6.45, 7) is 6.29. The Morgan fingerprint density at radius 2 is 1.73 bits per heavy atom. The maximum absolute atomic E-state index is 12.1. The van der Waals surface area contributed by atoms with E-state index in [2.05, 4.69) is 26.1 Å². The molecule has 0 saturated carbocycles. The van der Waals surface area contributed by atoms with Crippen LogP contribution in [0.15, 0.2) is 48.5 Å². The molecule has 0 unspecified atom stereocenters. The molecule has 5 heteroatoms. The summed E-state index contributed by atoms with van der Waals surface area (Å²) in [7, 11) is 1.58. The standard InChI is InChI=1S/C21H25NO4/c1-21(2,3)17-10-8-16(9-11-17)20(24)22-13-19(23)26-14-15-6-5-7-18(12-15)25-4/h5-12H,13-14H2,1-4H3,(H,22,24). The van der Waals surface area contributed by atoms with Crippen LogP contribution in [0.25, 0.3) is 0 Å². The minimum Gasteiger partial charge on any atom is -0.497 e. The number of esters is 1. The molecule has 1 amide bonds. The molecule has 0 aliphatic heterocycles. The Morgan fingerprint density at radius 1 is 1.04 bits per heavy atom. The molecule has 0 atom stereocenters. The summed E-state index contributed by atoms with van der Waals surface area (Å²) in [6, 6.07) is 14.6. The Labute approximate surface area is 154 Å². The lowest BCUT2D eigenvalue weighted by atomic mass is 9.87. The quantitative estimate of drug-likeness (QED) is 0.806. The molecule has 26 heavy (non-hydrogen) atoms. The number of benzene rings is 2. The Balaban J connectivity index is 1.82. The van der Waals surface area contributed by atoms with E-state index < -0.39 is 5.97 Å². The predicted molar refractivity (Wildman–Crippen MR) is 100 cm³/mol. The molecule has 0 radical (unpaired) electrons. The maximum atomic E-state index is 12.1. The number of carbonyl (C=O) groups is 2. The number of methoxy groups -OCH3 is 1. The number of carbonyl (C=O) groups excluding carboxylic acids is 2. The van der Waals surface area contributed by atoms with Crippen molar-refractivity contribution in [3.05, 3.63) is 65.2 Å². The zero-order valence-corrected chi connectivity index (χ0v) is 15.7. The van der Waals surface area contributed by atoms with Crippen molar-refractivity contribution in [2.75, 3.05) is 13.7 Å². The van der Waals surface area contributed by atoms with Gasteiger partial charge in [-0.3, -0.25) is 9.59 Å². The highest BCUT2D eigenvalue weighted by Gasteiger charge is 2.14. The number of rotatable bonds is 6. The van der Waals surface area contributed by atoms with Crippen LogP contribution in [0, 0.1) is 0 Å². The molecule has 0 saturated heterocycles. The zero-order valence-electron chi connectivity index (χ0n) is 15.7. The molecule has 0 aliphatic carbocycles. The lowest BCUT2D eigenvalue weighted by molar-refractivity contribution is -0.143. The summed E-state index contributed by atoms with van der Waals surface area (Å²) in [5.74, 6) is -0.0955. The van der Waals surface area contributed by atoms with Crippen molar-refractivity contribution in [3.8, 4) is 5.75 Å². The molecule has 0 spiro atoms. The zero-order chi connectivity index (χ0) is 19.2. The van der Waals surface area contributed by atoms with Gasteiger partial charge in [-0.1, -0.05) is 45.0 Å². The highest BCUT2D eigenvalue weighted by molar-refractivity contribution is 5.95. The summed E-state index contributed by atoms with van der Waals surface area (Å²) >= 11 is 0. The first-order valence-corrected chi connectivity index (χ1v) is 8.47. The Kier molecular flexibility index (Phi) is 6.39. The summed E-state index contributed by atoms with van der Waals surface area (Å²) in [5, 5.41) is 2.58. The summed E-state index contributed by atoms with van der Waals surface area (Å²) < 4.78 is 10.3. The van der Waals surface area contributed by atoms with E-state index in [4.69, 9.17) is 9.47 Å². The molecular formula is C21H25NO4. The lowest BCUT2D eigenvalue weighted by Crippen LogP contribution is -2.30. The monoisotopic (exact) mass is 355 g/mol. The third kappa shape index (κ3) is 5.62. The minimum absolute atomic E-state index is 0.0267. The Hall–Kier alpha value is -2.82. The molecule has 0 bridgehead atoms. The fraction of sp³-hybridized carbons (Fsp3) is 0.333. The molecular weight excluding hydrogens is 330 g/mol. The van der Waals surface area contributed by atoms with Gasteiger partial charge in [0.2, 0.25) is 0 Å².